The maximum Gasteiger partial charge on any atom is 0.310 e. The molecule has 37 heavy (non-hydrogen) atoms. The summed E-state index contributed by atoms with van der Waals surface area (Å²) in [7, 11) is 0. The topological polar surface area (TPSA) is 101 Å². The lowest BCUT2D eigenvalue weighted by atomic mass is 9.44. The first-order valence-corrected chi connectivity index (χ1v) is 13.9. The van der Waals surface area contributed by atoms with Gasteiger partial charge < -0.3 is 14.9 Å². The summed E-state index contributed by atoms with van der Waals surface area (Å²) in [6, 6.07) is -1.04. The first-order chi connectivity index (χ1) is 17.2. The van der Waals surface area contributed by atoms with Gasteiger partial charge in [0.15, 0.2) is 11.5 Å². The number of ketones is 1. The van der Waals surface area contributed by atoms with Gasteiger partial charge in [0, 0.05) is 23.8 Å². The number of hydrogen-bond acceptors (Lipinski definition) is 7. The van der Waals surface area contributed by atoms with Crippen molar-refractivity contribution in [1.82, 2.24) is 0 Å². The second-order valence-electron chi connectivity index (χ2n) is 11.5. The van der Waals surface area contributed by atoms with Crippen LogP contribution in [0.15, 0.2) is 23.5 Å². The molecule has 206 valence electrons. The van der Waals surface area contributed by atoms with Crippen molar-refractivity contribution in [2.24, 2.45) is 28.6 Å². The first-order valence-electron chi connectivity index (χ1n) is 12.9. The summed E-state index contributed by atoms with van der Waals surface area (Å²) in [5.74, 6) is -4.26. The molecule has 4 aliphatic rings. The van der Waals surface area contributed by atoms with E-state index >= 15 is 8.78 Å². The van der Waals surface area contributed by atoms with Gasteiger partial charge in [0.1, 0.15) is 23.5 Å². The number of unbranched alkanes of at least 4 members (excludes halogenated alkanes) is 1. The summed E-state index contributed by atoms with van der Waals surface area (Å²) in [6.07, 6.45) is -0.912. The molecule has 4 aliphatic carbocycles. The Labute approximate surface area is 219 Å². The van der Waals surface area contributed by atoms with Crippen molar-refractivity contribution in [3.8, 4) is 0 Å². The van der Waals surface area contributed by atoms with Crippen LogP contribution in [0.25, 0.3) is 0 Å². The van der Waals surface area contributed by atoms with Crippen molar-refractivity contribution in [2.45, 2.75) is 89.8 Å². The Morgan fingerprint density at radius 2 is 1.89 bits per heavy atom. The van der Waals surface area contributed by atoms with Crippen molar-refractivity contribution in [1.29, 1.82) is 0 Å². The van der Waals surface area contributed by atoms with Gasteiger partial charge in [0.05, 0.1) is 11.5 Å². The molecule has 9 atom stereocenters. The van der Waals surface area contributed by atoms with Gasteiger partial charge in [-0.25, -0.2) is 13.2 Å². The molecule has 2 N–H and O–H groups in total. The lowest BCUT2D eigenvalue weighted by molar-refractivity contribution is -0.228. The molecule has 0 heterocycles. The van der Waals surface area contributed by atoms with Crippen LogP contribution in [-0.4, -0.2) is 56.6 Å². The molecule has 4 rings (SSSR count). The molecule has 0 aromatic heterocycles. The monoisotopic (exact) mass is 544 g/mol. The highest BCUT2D eigenvalue weighted by atomic mass is 32.2. The van der Waals surface area contributed by atoms with Crippen LogP contribution in [0.1, 0.15) is 66.2 Å². The number of hydrogen-bond donors (Lipinski definition) is 2. The number of rotatable bonds is 6. The van der Waals surface area contributed by atoms with E-state index in [0.717, 1.165) is 12.2 Å². The highest BCUT2D eigenvalue weighted by Gasteiger charge is 2.78. The molecule has 0 bridgehead atoms. The van der Waals surface area contributed by atoms with E-state index in [9.17, 15) is 29.0 Å². The minimum Gasteiger partial charge on any atom is -0.430 e. The van der Waals surface area contributed by atoms with Crippen molar-refractivity contribution in [3.63, 3.8) is 0 Å². The van der Waals surface area contributed by atoms with Crippen LogP contribution in [0.4, 0.5) is 13.2 Å². The van der Waals surface area contributed by atoms with Crippen LogP contribution in [0, 0.1) is 28.6 Å². The largest absolute Gasteiger partial charge is 0.430 e. The highest BCUT2D eigenvalue weighted by molar-refractivity contribution is 8.13. The summed E-state index contributed by atoms with van der Waals surface area (Å²) < 4.78 is 52.1. The second-order valence-corrected chi connectivity index (χ2v) is 12.4. The number of esters is 1. The van der Waals surface area contributed by atoms with Gasteiger partial charge in [-0.05, 0) is 56.1 Å². The molecule has 6 nitrogen and oxygen atoms in total. The van der Waals surface area contributed by atoms with Gasteiger partial charge in [-0.3, -0.25) is 14.4 Å². The van der Waals surface area contributed by atoms with Crippen LogP contribution in [-0.2, 0) is 19.1 Å². The van der Waals surface area contributed by atoms with E-state index in [2.05, 4.69) is 0 Å². The van der Waals surface area contributed by atoms with Crippen molar-refractivity contribution in [2.75, 3.05) is 6.01 Å². The van der Waals surface area contributed by atoms with Crippen LogP contribution < -0.4 is 0 Å². The molecule has 0 spiro atoms. The Balaban J connectivity index is 1.82. The lowest BCUT2D eigenvalue weighted by Gasteiger charge is -2.63. The predicted octanol–water partition coefficient (Wildman–Crippen LogP) is 4.53. The van der Waals surface area contributed by atoms with Gasteiger partial charge in [0.25, 0.3) is 0 Å². The number of carbonyl (C=O) groups is 3. The molecule has 0 aliphatic heterocycles. The smallest absolute Gasteiger partial charge is 0.310 e. The zero-order chi connectivity index (χ0) is 27.6. The van der Waals surface area contributed by atoms with Crippen molar-refractivity contribution < 1.29 is 42.5 Å². The Morgan fingerprint density at radius 1 is 1.22 bits per heavy atom. The second kappa shape index (κ2) is 9.52. The Hall–Kier alpha value is -1.65. The third kappa shape index (κ3) is 3.72. The molecule has 3 fully saturated rings. The van der Waals surface area contributed by atoms with Gasteiger partial charge in [-0.15, -0.1) is 0 Å². The molecule has 0 aromatic carbocycles. The minimum absolute atomic E-state index is 0.0288. The van der Waals surface area contributed by atoms with Gasteiger partial charge in [-0.1, -0.05) is 39.0 Å². The molecular weight excluding hydrogens is 509 g/mol. The first kappa shape index (κ1) is 28.4. The summed E-state index contributed by atoms with van der Waals surface area (Å²) >= 11 is 0.329. The average Bonchev–Trinajstić information content (AvgIpc) is 3.03. The molecule has 10 heteroatoms. The molecule has 0 saturated heterocycles. The summed E-state index contributed by atoms with van der Waals surface area (Å²) in [6.45, 7) is 6.43. The number of aliphatic hydroxyl groups excluding tert-OH is 1. The zero-order valence-electron chi connectivity index (χ0n) is 21.6. The van der Waals surface area contributed by atoms with Crippen LogP contribution in [0.3, 0.4) is 0 Å². The molecule has 0 radical (unpaired) electrons. The number of alkyl halides is 3. The standard InChI is InChI=1S/C27H35F3O6S/c1-5-6-7-22(33)36-21-10-15(31)9-18-19(29)11-17-16-8-14(2)27(35,23(34)37-13-28)24(16,3)12-20(32)26(17,30)25(18,21)4/h9-10,14,16-17,19-20,32,35H,5-8,11-13H2,1-4H3/t14-,16+,17?,19+,20+,24+,25+,26+,27+/m1/s1. The van der Waals surface area contributed by atoms with E-state index in [1.165, 1.54) is 6.92 Å². The van der Waals surface area contributed by atoms with Crippen molar-refractivity contribution in [3.05, 3.63) is 23.5 Å². The van der Waals surface area contributed by atoms with E-state index in [0.29, 0.717) is 24.6 Å². The SMILES string of the molecule is CCCCC(=O)OC1=CC(=O)C=C2[C@@H](F)CC3[C@@H]4C[C@@H](C)[C@](O)(C(=O)SCF)[C@@]4(C)C[C@H](O)[C@]3(F)[C@]12C. The Kier molecular flexibility index (Phi) is 7.30. The van der Waals surface area contributed by atoms with Crippen molar-refractivity contribution >= 4 is 28.6 Å². The van der Waals surface area contributed by atoms with Crippen LogP contribution in [0.2, 0.25) is 0 Å². The fourth-order valence-corrected chi connectivity index (χ4v) is 8.59. The number of aliphatic hydroxyl groups is 2. The van der Waals surface area contributed by atoms with E-state index < -0.39 is 75.0 Å². The van der Waals surface area contributed by atoms with Crippen LogP contribution >= 0.6 is 11.8 Å². The van der Waals surface area contributed by atoms with Gasteiger partial charge in [0.2, 0.25) is 5.12 Å². The quantitative estimate of drug-likeness (QED) is 0.474. The predicted molar refractivity (Wildman–Crippen MR) is 131 cm³/mol. The fourth-order valence-electron chi connectivity index (χ4n) is 7.84. The molecule has 0 aromatic rings. The Morgan fingerprint density at radius 3 is 2.51 bits per heavy atom. The molecular formula is C27H35F3O6S. The van der Waals surface area contributed by atoms with E-state index in [-0.39, 0.29) is 37.0 Å². The van der Waals surface area contributed by atoms with Gasteiger partial charge >= 0.3 is 5.97 Å². The number of halogens is 3. The third-order valence-electron chi connectivity index (χ3n) is 9.80. The number of thioether (sulfide) groups is 1. The summed E-state index contributed by atoms with van der Waals surface area (Å²) in [5.41, 5.74) is -8.12. The van der Waals surface area contributed by atoms with E-state index in [4.69, 9.17) is 4.74 Å². The molecule has 3 saturated carbocycles. The number of ether oxygens (including phenoxy) is 1. The van der Waals surface area contributed by atoms with Gasteiger partial charge in [-0.2, -0.15) is 0 Å². The number of fused-ring (bicyclic) bond motifs is 5. The summed E-state index contributed by atoms with van der Waals surface area (Å²) in [4.78, 5) is 37.9. The number of carbonyl (C=O) groups excluding carboxylic acids is 3. The Bertz CT molecular complexity index is 1060. The maximum atomic E-state index is 17.7. The highest BCUT2D eigenvalue weighted by Crippen LogP contribution is 2.72. The molecule has 0 amide bonds. The average molecular weight is 545 g/mol. The summed E-state index contributed by atoms with van der Waals surface area (Å²) in [5, 5.41) is 22.3. The van der Waals surface area contributed by atoms with Crippen LogP contribution in [0.5, 0.6) is 0 Å². The zero-order valence-corrected chi connectivity index (χ0v) is 22.4. The van der Waals surface area contributed by atoms with E-state index in [1.54, 1.807) is 13.8 Å². The fraction of sp³-hybridized carbons (Fsp3) is 0.741. The molecule has 1 unspecified atom stereocenters. The normalized spacial score (nSPS) is 44.8. The lowest BCUT2D eigenvalue weighted by Crippen LogP contribution is -2.71. The third-order valence-corrected chi connectivity index (χ3v) is 10.5. The van der Waals surface area contributed by atoms with E-state index in [1.807, 2.05) is 6.92 Å². The minimum atomic E-state index is -2.57. The number of allylic oxidation sites excluding steroid dienone is 3. The maximum absolute atomic E-state index is 17.7.